The summed E-state index contributed by atoms with van der Waals surface area (Å²) in [6.07, 6.45) is 0. The van der Waals surface area contributed by atoms with E-state index in [2.05, 4.69) is 20.9 Å². The third-order valence-corrected chi connectivity index (χ3v) is 3.08. The summed E-state index contributed by atoms with van der Waals surface area (Å²) in [5, 5.41) is 2.24. The molecule has 122 valence electrons. The highest BCUT2D eigenvalue weighted by atomic mass is 79.9. The molecule has 0 fully saturated rings. The Morgan fingerprint density at radius 2 is 1.50 bits per heavy atom. The molecule has 1 heterocycles. The zero-order valence-corrected chi connectivity index (χ0v) is 15.0. The van der Waals surface area contributed by atoms with Crippen molar-refractivity contribution in [3.8, 4) is 0 Å². The van der Waals surface area contributed by atoms with Crippen LogP contribution < -0.4 is 5.73 Å². The molecule has 7 nitrogen and oxygen atoms in total. The van der Waals surface area contributed by atoms with Gasteiger partial charge in [-0.3, -0.25) is 24.0 Å². The first-order valence-corrected chi connectivity index (χ1v) is 7.86. The number of thiazole rings is 1. The molecule has 0 amide bonds. The summed E-state index contributed by atoms with van der Waals surface area (Å²) in [6.45, 7) is 5.22. The second-order valence-corrected chi connectivity index (χ2v) is 5.30. The predicted octanol–water partition coefficient (Wildman–Crippen LogP) is 1.63. The average molecular weight is 393 g/mol. The van der Waals surface area contributed by atoms with E-state index >= 15 is 0 Å². The Labute approximate surface area is 140 Å². The van der Waals surface area contributed by atoms with Crippen molar-refractivity contribution in [1.82, 2.24) is 4.98 Å². The highest BCUT2D eigenvalue weighted by molar-refractivity contribution is 9.09. The molecule has 1 aromatic rings. The summed E-state index contributed by atoms with van der Waals surface area (Å²) in [4.78, 5) is 54.0. The number of carbonyl (C=O) groups is 5. The standard InChI is InChI=1S/C5H6N2OS.C4H5BrO2.C4H6O2/c1-3(8)4-2-9-5(6)7-4;1-3(6)4(7)2-5;1-3(5)4(2)6/h2H,1H3,(H2,6,7);2H2,1H3;1-2H3. The van der Waals surface area contributed by atoms with Gasteiger partial charge in [-0.15, -0.1) is 11.3 Å². The molecule has 0 saturated heterocycles. The van der Waals surface area contributed by atoms with E-state index in [9.17, 15) is 24.0 Å². The molecule has 0 saturated carbocycles. The Balaban J connectivity index is 0. The molecule has 1 rings (SSSR count). The Morgan fingerprint density at radius 1 is 1.05 bits per heavy atom. The van der Waals surface area contributed by atoms with E-state index in [4.69, 9.17) is 5.73 Å². The second-order valence-electron chi connectivity index (χ2n) is 3.85. The van der Waals surface area contributed by atoms with Crippen LogP contribution in [-0.2, 0) is 19.2 Å². The van der Waals surface area contributed by atoms with Crippen molar-refractivity contribution < 1.29 is 24.0 Å². The van der Waals surface area contributed by atoms with Gasteiger partial charge < -0.3 is 5.73 Å². The lowest BCUT2D eigenvalue weighted by Crippen LogP contribution is -2.09. The van der Waals surface area contributed by atoms with E-state index in [0.29, 0.717) is 10.8 Å². The van der Waals surface area contributed by atoms with E-state index < -0.39 is 5.78 Å². The molecule has 0 aliphatic carbocycles. The van der Waals surface area contributed by atoms with Crippen LogP contribution in [0.25, 0.3) is 0 Å². The van der Waals surface area contributed by atoms with Crippen LogP contribution in [0, 0.1) is 0 Å². The van der Waals surface area contributed by atoms with Crippen molar-refractivity contribution in [2.24, 2.45) is 0 Å². The lowest BCUT2D eigenvalue weighted by atomic mass is 10.3. The number of aromatic nitrogens is 1. The van der Waals surface area contributed by atoms with Crippen molar-refractivity contribution >= 4 is 61.3 Å². The molecule has 1 aromatic heterocycles. The van der Waals surface area contributed by atoms with Crippen LogP contribution in [0.5, 0.6) is 0 Å². The third kappa shape index (κ3) is 12.0. The number of Topliss-reactive ketones (excluding diaryl/α,β-unsaturated/α-hetero) is 5. The van der Waals surface area contributed by atoms with Crippen LogP contribution in [0.1, 0.15) is 38.2 Å². The maximum Gasteiger partial charge on any atom is 0.208 e. The van der Waals surface area contributed by atoms with E-state index in [1.165, 1.54) is 39.0 Å². The van der Waals surface area contributed by atoms with Gasteiger partial charge >= 0.3 is 0 Å². The molecule has 2 N–H and O–H groups in total. The summed E-state index contributed by atoms with van der Waals surface area (Å²) in [6, 6.07) is 0. The van der Waals surface area contributed by atoms with E-state index in [1.807, 2.05) is 0 Å². The quantitative estimate of drug-likeness (QED) is 0.468. The fourth-order valence-electron chi connectivity index (χ4n) is 0.543. The Morgan fingerprint density at radius 3 is 1.59 bits per heavy atom. The number of hydrogen-bond donors (Lipinski definition) is 1. The van der Waals surface area contributed by atoms with Crippen LogP contribution >= 0.6 is 27.3 Å². The zero-order valence-electron chi connectivity index (χ0n) is 12.6. The van der Waals surface area contributed by atoms with Gasteiger partial charge in [0, 0.05) is 33.1 Å². The molecule has 22 heavy (non-hydrogen) atoms. The van der Waals surface area contributed by atoms with Crippen molar-refractivity contribution in [2.45, 2.75) is 27.7 Å². The molecule has 0 aliphatic heterocycles. The van der Waals surface area contributed by atoms with Gasteiger partial charge in [-0.25, -0.2) is 4.98 Å². The number of rotatable bonds is 4. The minimum atomic E-state index is -0.392. The van der Waals surface area contributed by atoms with Crippen LogP contribution in [0.15, 0.2) is 5.38 Å². The monoisotopic (exact) mass is 392 g/mol. The molecule has 9 heteroatoms. The molecule has 0 aromatic carbocycles. The molecule has 0 spiro atoms. The average Bonchev–Trinajstić information content (AvgIpc) is 2.86. The van der Waals surface area contributed by atoms with Gasteiger partial charge in [0.05, 0.1) is 5.33 Å². The predicted molar refractivity (Wildman–Crippen MR) is 87.4 cm³/mol. The summed E-state index contributed by atoms with van der Waals surface area (Å²) in [7, 11) is 0. The van der Waals surface area contributed by atoms with E-state index in [1.54, 1.807) is 5.38 Å². The molecular formula is C13H17BrN2O5S. The Bertz CT molecular complexity index is 557. The lowest BCUT2D eigenvalue weighted by Gasteiger charge is -1.80. The molecule has 0 unspecified atom stereocenters. The molecule has 0 atom stereocenters. The highest BCUT2D eigenvalue weighted by Crippen LogP contribution is 2.10. The van der Waals surface area contributed by atoms with Crippen molar-refractivity contribution in [3.63, 3.8) is 0 Å². The van der Waals surface area contributed by atoms with Crippen molar-refractivity contribution in [2.75, 3.05) is 11.1 Å². The molecule has 0 bridgehead atoms. The smallest absolute Gasteiger partial charge is 0.208 e. The summed E-state index contributed by atoms with van der Waals surface area (Å²) < 4.78 is 0. The van der Waals surface area contributed by atoms with Crippen molar-refractivity contribution in [1.29, 1.82) is 0 Å². The SMILES string of the molecule is CC(=O)C(=O)CBr.CC(=O)C(C)=O.CC(=O)c1csc(N)n1. The Hall–Kier alpha value is -1.74. The number of carbonyl (C=O) groups excluding carboxylic acids is 5. The molecule has 0 radical (unpaired) electrons. The second kappa shape index (κ2) is 11.9. The number of nitrogen functional groups attached to an aromatic ring is 1. The lowest BCUT2D eigenvalue weighted by molar-refractivity contribution is -0.134. The van der Waals surface area contributed by atoms with Gasteiger partial charge in [0.2, 0.25) is 5.78 Å². The topological polar surface area (TPSA) is 124 Å². The van der Waals surface area contributed by atoms with Gasteiger partial charge in [0.15, 0.2) is 28.3 Å². The summed E-state index contributed by atoms with van der Waals surface area (Å²) in [5.74, 6) is -1.56. The zero-order chi connectivity index (χ0) is 17.9. The van der Waals surface area contributed by atoms with Crippen LogP contribution in [-0.4, -0.2) is 39.2 Å². The normalized spacial score (nSPS) is 8.59. The summed E-state index contributed by atoms with van der Waals surface area (Å²) >= 11 is 4.12. The molecular weight excluding hydrogens is 376 g/mol. The van der Waals surface area contributed by atoms with Gasteiger partial charge in [0.1, 0.15) is 5.69 Å². The fourth-order valence-corrected chi connectivity index (χ4v) is 1.54. The van der Waals surface area contributed by atoms with E-state index in [0.717, 1.165) is 0 Å². The fraction of sp³-hybridized carbons (Fsp3) is 0.385. The number of alkyl halides is 1. The van der Waals surface area contributed by atoms with Gasteiger partial charge in [-0.05, 0) is 0 Å². The molecule has 0 aliphatic rings. The van der Waals surface area contributed by atoms with Gasteiger partial charge in [-0.1, -0.05) is 15.9 Å². The number of anilines is 1. The minimum absolute atomic E-state index is 0.0389. The number of nitrogens with two attached hydrogens (primary N) is 1. The van der Waals surface area contributed by atoms with E-state index in [-0.39, 0.29) is 28.5 Å². The minimum Gasteiger partial charge on any atom is -0.375 e. The van der Waals surface area contributed by atoms with Crippen LogP contribution in [0.4, 0.5) is 5.13 Å². The highest BCUT2D eigenvalue weighted by Gasteiger charge is 2.02. The van der Waals surface area contributed by atoms with Gasteiger partial charge in [0.25, 0.3) is 0 Å². The largest absolute Gasteiger partial charge is 0.375 e. The van der Waals surface area contributed by atoms with Crippen LogP contribution in [0.2, 0.25) is 0 Å². The first kappa shape index (κ1) is 22.5. The number of halogens is 1. The van der Waals surface area contributed by atoms with Gasteiger partial charge in [-0.2, -0.15) is 0 Å². The first-order valence-electron chi connectivity index (χ1n) is 5.86. The van der Waals surface area contributed by atoms with Crippen LogP contribution in [0.3, 0.4) is 0 Å². The maximum absolute atomic E-state index is 10.5. The third-order valence-electron chi connectivity index (χ3n) is 1.89. The number of nitrogens with zero attached hydrogens (tertiary/aromatic N) is 1. The maximum atomic E-state index is 10.5. The Kier molecular flexibility index (Phi) is 12.2. The van der Waals surface area contributed by atoms with Crippen molar-refractivity contribution in [3.05, 3.63) is 11.1 Å². The number of ketones is 5. The first-order chi connectivity index (χ1) is 10.0. The number of hydrogen-bond acceptors (Lipinski definition) is 8. The summed E-state index contributed by atoms with van der Waals surface area (Å²) in [5.41, 5.74) is 5.73.